The second-order valence-electron chi connectivity index (χ2n) is 4.67. The number of esters is 1. The van der Waals surface area contributed by atoms with Gasteiger partial charge in [0.25, 0.3) is 0 Å². The number of hydrogen-bond acceptors (Lipinski definition) is 5. The highest BCUT2D eigenvalue weighted by Gasteiger charge is 2.75. The third-order valence-corrected chi connectivity index (χ3v) is 8.47. The summed E-state index contributed by atoms with van der Waals surface area (Å²) in [7, 11) is -6.07. The molecule has 0 saturated heterocycles. The molecule has 0 aliphatic carbocycles. The predicted molar refractivity (Wildman–Crippen MR) is 99.4 cm³/mol. The Hall–Kier alpha value is 0.370. The van der Waals surface area contributed by atoms with Gasteiger partial charge in [-0.05, 0) is 79.9 Å². The van der Waals surface area contributed by atoms with Crippen molar-refractivity contribution >= 4 is 83.9 Å². The molecule has 0 bridgehead atoms. The van der Waals surface area contributed by atoms with Gasteiger partial charge in [0.2, 0.25) is 0 Å². The Labute approximate surface area is 183 Å². The van der Waals surface area contributed by atoms with Crippen molar-refractivity contribution in [3.63, 3.8) is 0 Å². The lowest BCUT2D eigenvalue weighted by Crippen LogP contribution is -2.63. The van der Waals surface area contributed by atoms with Crippen molar-refractivity contribution in [3.8, 4) is 0 Å². The van der Waals surface area contributed by atoms with Gasteiger partial charge in [-0.2, -0.15) is 26.3 Å². The van der Waals surface area contributed by atoms with Crippen molar-refractivity contribution < 1.29 is 48.8 Å². The van der Waals surface area contributed by atoms with Crippen LogP contribution in [-0.2, 0) is 14.9 Å². The summed E-state index contributed by atoms with van der Waals surface area (Å²) in [6.45, 7) is 0. The fourth-order valence-electron chi connectivity index (χ4n) is 1.61. The first-order valence-electron chi connectivity index (χ1n) is 5.86. The minimum absolute atomic E-state index is 0.336. The van der Waals surface area contributed by atoms with E-state index in [1.54, 1.807) is 45.2 Å². The SMILES string of the molecule is O=C(OC(CS(=O)(=O)[O-])(C(F)(F)F)C(F)(F)F)c1cc(I)c(I)c(I)c1. The van der Waals surface area contributed by atoms with Crippen LogP contribution in [0.4, 0.5) is 26.3 Å². The molecule has 0 radical (unpaired) electrons. The first kappa shape index (κ1) is 24.4. The van der Waals surface area contributed by atoms with Gasteiger partial charge in [0, 0.05) is 10.7 Å². The quantitative estimate of drug-likeness (QED) is 0.153. The minimum atomic E-state index is -6.40. The second kappa shape index (κ2) is 8.01. The molecular weight excluding hydrogens is 739 g/mol. The standard InChI is InChI=1S/C11H5F6I3O5S/c12-10(13,14)9(11(15,16)17,3-26(22,23)24)25-8(21)4-1-5(18)7(20)6(19)2-4/h1-2H,3H2,(H,22,23,24)/p-1. The molecule has 26 heavy (non-hydrogen) atoms. The van der Waals surface area contributed by atoms with Crippen molar-refractivity contribution in [1.29, 1.82) is 0 Å². The molecule has 0 aliphatic rings. The summed E-state index contributed by atoms with van der Waals surface area (Å²) in [5, 5.41) is 0. The Morgan fingerprint density at radius 1 is 1.00 bits per heavy atom. The molecule has 0 saturated carbocycles. The maximum atomic E-state index is 13.1. The number of hydrogen-bond donors (Lipinski definition) is 0. The smallest absolute Gasteiger partial charge is 0.438 e. The molecule has 5 nitrogen and oxygen atoms in total. The summed E-state index contributed by atoms with van der Waals surface area (Å²) >= 11 is 5.21. The molecule has 0 N–H and O–H groups in total. The predicted octanol–water partition coefficient (Wildman–Crippen LogP) is 4.07. The van der Waals surface area contributed by atoms with Gasteiger partial charge in [-0.1, -0.05) is 0 Å². The topological polar surface area (TPSA) is 83.5 Å². The second-order valence-corrected chi connectivity index (χ2v) is 9.48. The zero-order chi connectivity index (χ0) is 20.7. The van der Waals surface area contributed by atoms with Crippen molar-refractivity contribution in [3.05, 3.63) is 28.4 Å². The maximum absolute atomic E-state index is 13.1. The Morgan fingerprint density at radius 3 is 1.69 bits per heavy atom. The van der Waals surface area contributed by atoms with Crippen LogP contribution in [0.15, 0.2) is 12.1 Å². The number of carbonyl (C=O) groups is 1. The maximum Gasteiger partial charge on any atom is 0.438 e. The van der Waals surface area contributed by atoms with E-state index in [2.05, 4.69) is 4.74 Å². The molecule has 0 unspecified atom stereocenters. The number of alkyl halides is 6. The lowest BCUT2D eigenvalue weighted by Gasteiger charge is -2.36. The van der Waals surface area contributed by atoms with E-state index in [9.17, 15) is 44.1 Å². The van der Waals surface area contributed by atoms with E-state index in [0.29, 0.717) is 10.7 Å². The molecule has 0 atom stereocenters. The molecule has 0 fully saturated rings. The van der Waals surface area contributed by atoms with Crippen LogP contribution in [0.25, 0.3) is 0 Å². The van der Waals surface area contributed by atoms with E-state index in [-0.39, 0.29) is 0 Å². The van der Waals surface area contributed by atoms with Crippen LogP contribution in [0.2, 0.25) is 0 Å². The first-order chi connectivity index (χ1) is 11.4. The third-order valence-electron chi connectivity index (χ3n) is 2.78. The Morgan fingerprint density at radius 2 is 1.38 bits per heavy atom. The fraction of sp³-hybridized carbons (Fsp3) is 0.364. The summed E-state index contributed by atoms with van der Waals surface area (Å²) in [5.41, 5.74) is -6.15. The lowest BCUT2D eigenvalue weighted by atomic mass is 10.1. The summed E-state index contributed by atoms with van der Waals surface area (Å²) in [4.78, 5) is 11.9. The number of halogens is 9. The van der Waals surface area contributed by atoms with E-state index < -0.39 is 45.4 Å². The van der Waals surface area contributed by atoms with Gasteiger partial charge in [-0.25, -0.2) is 13.2 Å². The van der Waals surface area contributed by atoms with E-state index in [4.69, 9.17) is 0 Å². The summed E-state index contributed by atoms with van der Waals surface area (Å²) < 4.78 is 115. The van der Waals surface area contributed by atoms with Crippen molar-refractivity contribution in [1.82, 2.24) is 0 Å². The molecular formula is C11H4F6I3O5S-. The van der Waals surface area contributed by atoms with Crippen LogP contribution < -0.4 is 0 Å². The Kier molecular flexibility index (Phi) is 7.52. The van der Waals surface area contributed by atoms with Crippen LogP contribution in [-0.4, -0.2) is 42.6 Å². The average molecular weight is 743 g/mol. The molecule has 0 amide bonds. The number of benzene rings is 1. The Balaban J connectivity index is 3.53. The first-order valence-corrected chi connectivity index (χ1v) is 10.7. The monoisotopic (exact) mass is 743 g/mol. The van der Waals surface area contributed by atoms with Gasteiger partial charge >= 0.3 is 23.9 Å². The van der Waals surface area contributed by atoms with Crippen molar-refractivity contribution in [2.45, 2.75) is 18.0 Å². The van der Waals surface area contributed by atoms with Crippen LogP contribution >= 0.6 is 67.8 Å². The van der Waals surface area contributed by atoms with Gasteiger partial charge in [-0.3, -0.25) is 0 Å². The highest BCUT2D eigenvalue weighted by Crippen LogP contribution is 2.47. The van der Waals surface area contributed by atoms with Crippen LogP contribution in [0.5, 0.6) is 0 Å². The molecule has 1 rings (SSSR count). The highest BCUT2D eigenvalue weighted by atomic mass is 127. The molecule has 0 spiro atoms. The molecule has 1 aromatic rings. The number of carbonyl (C=O) groups excluding carboxylic acids is 1. The van der Waals surface area contributed by atoms with E-state index in [1.165, 1.54) is 0 Å². The molecule has 148 valence electrons. The fourth-order valence-corrected chi connectivity index (χ4v) is 4.57. The van der Waals surface area contributed by atoms with Gasteiger partial charge < -0.3 is 9.29 Å². The van der Waals surface area contributed by atoms with Gasteiger partial charge in [0.05, 0.1) is 21.4 Å². The Bertz CT molecular complexity index is 784. The van der Waals surface area contributed by atoms with Crippen LogP contribution in [0, 0.1) is 10.7 Å². The molecule has 0 aliphatic heterocycles. The minimum Gasteiger partial charge on any atom is -0.748 e. The van der Waals surface area contributed by atoms with Crippen LogP contribution in [0.1, 0.15) is 10.4 Å². The summed E-state index contributed by atoms with van der Waals surface area (Å²) in [6, 6.07) is 1.94. The van der Waals surface area contributed by atoms with Gasteiger partial charge in [-0.15, -0.1) is 0 Å². The number of ether oxygens (including phenoxy) is 1. The summed E-state index contributed by atoms with van der Waals surface area (Å²) in [6.07, 6.45) is -12.8. The zero-order valence-electron chi connectivity index (χ0n) is 11.7. The highest BCUT2D eigenvalue weighted by molar-refractivity contribution is 14.1. The number of rotatable bonds is 4. The zero-order valence-corrected chi connectivity index (χ0v) is 19.0. The van der Waals surface area contributed by atoms with E-state index in [0.717, 1.165) is 12.1 Å². The summed E-state index contributed by atoms with van der Waals surface area (Å²) in [5.74, 6) is -5.10. The molecule has 0 aromatic heterocycles. The van der Waals surface area contributed by atoms with Gasteiger partial charge in [0.1, 0.15) is 0 Å². The van der Waals surface area contributed by atoms with E-state index in [1.807, 2.05) is 22.6 Å². The van der Waals surface area contributed by atoms with Gasteiger partial charge in [0.15, 0.2) is 0 Å². The molecule has 1 aromatic carbocycles. The largest absolute Gasteiger partial charge is 0.748 e. The van der Waals surface area contributed by atoms with Crippen molar-refractivity contribution in [2.75, 3.05) is 5.75 Å². The van der Waals surface area contributed by atoms with Crippen LogP contribution in [0.3, 0.4) is 0 Å². The van der Waals surface area contributed by atoms with Crippen molar-refractivity contribution in [2.24, 2.45) is 0 Å². The average Bonchev–Trinajstić information content (AvgIpc) is 2.39. The molecule has 0 heterocycles. The lowest BCUT2D eigenvalue weighted by molar-refractivity contribution is -0.356. The molecule has 15 heteroatoms. The van der Waals surface area contributed by atoms with E-state index >= 15 is 0 Å². The third kappa shape index (κ3) is 5.46. The normalized spacial score (nSPS) is 13.6.